The van der Waals surface area contributed by atoms with Gasteiger partial charge in [-0.2, -0.15) is 0 Å². The smallest absolute Gasteiger partial charge is 0.221 e. The van der Waals surface area contributed by atoms with Crippen LogP contribution in [0.1, 0.15) is 26.3 Å². The van der Waals surface area contributed by atoms with Crippen LogP contribution in [-0.4, -0.2) is 59.1 Å². The van der Waals surface area contributed by atoms with Crippen LogP contribution in [0.3, 0.4) is 0 Å². The highest BCUT2D eigenvalue weighted by atomic mass is 32.1. The number of fused-ring (bicyclic) bond motifs is 1. The Morgan fingerprint density at radius 1 is 1.30 bits per heavy atom. The van der Waals surface area contributed by atoms with Crippen molar-refractivity contribution in [3.05, 3.63) is 24.3 Å². The van der Waals surface area contributed by atoms with E-state index >= 15 is 0 Å². The maximum absolute atomic E-state index is 10.6. The predicted octanol–water partition coefficient (Wildman–Crippen LogP) is 3.61. The van der Waals surface area contributed by atoms with E-state index in [9.17, 15) is 5.11 Å². The fourth-order valence-electron chi connectivity index (χ4n) is 3.31. The third-order valence-electron chi connectivity index (χ3n) is 4.65. The number of ether oxygens (including phenoxy) is 1. The third kappa shape index (κ3) is 4.82. The lowest BCUT2D eigenvalue weighted by atomic mass is 10.2. The second-order valence-corrected chi connectivity index (χ2v) is 7.28. The second kappa shape index (κ2) is 9.25. The van der Waals surface area contributed by atoms with Gasteiger partial charge in [-0.1, -0.05) is 18.2 Å². The molecule has 0 aliphatic carbocycles. The molecular weight excluding hydrogens is 362 g/mol. The molecule has 0 radical (unpaired) electrons. The van der Waals surface area contributed by atoms with E-state index in [0.29, 0.717) is 10.8 Å². The first-order valence-corrected chi connectivity index (χ1v) is 9.80. The molecule has 2 aromatic rings. The normalized spacial score (nSPS) is 15.8. The van der Waals surface area contributed by atoms with Crippen LogP contribution in [0.2, 0.25) is 0 Å². The van der Waals surface area contributed by atoms with Crippen molar-refractivity contribution < 1.29 is 9.84 Å². The van der Waals surface area contributed by atoms with E-state index in [0.717, 1.165) is 56.7 Å². The number of thiocarbonyl (C=S) groups is 1. The van der Waals surface area contributed by atoms with E-state index in [-0.39, 0.29) is 11.9 Å². The Hall–Kier alpha value is -2.03. The topological polar surface area (TPSA) is 74.4 Å². The van der Waals surface area contributed by atoms with Gasteiger partial charge in [0.2, 0.25) is 11.0 Å². The zero-order valence-electron chi connectivity index (χ0n) is 15.9. The molecule has 0 saturated carbocycles. The summed E-state index contributed by atoms with van der Waals surface area (Å²) >= 11 is 5.25. The maximum atomic E-state index is 10.6. The molecule has 1 fully saturated rings. The molecule has 146 valence electrons. The predicted molar refractivity (Wildman–Crippen MR) is 111 cm³/mol. The first-order chi connectivity index (χ1) is 13.1. The summed E-state index contributed by atoms with van der Waals surface area (Å²) in [5.74, 6) is 0.116. The van der Waals surface area contributed by atoms with Gasteiger partial charge in [-0.05, 0) is 45.1 Å². The molecule has 27 heavy (non-hydrogen) atoms. The monoisotopic (exact) mass is 389 g/mol. The Kier molecular flexibility index (Phi) is 6.76. The fourth-order valence-corrected chi connectivity index (χ4v) is 3.45. The molecule has 0 atom stereocenters. The molecule has 1 aromatic carbocycles. The number of hydrogen-bond donors (Lipinski definition) is 2. The number of nitrogens with zero attached hydrogens (tertiary/aromatic N) is 4. The largest absolute Gasteiger partial charge is 0.493 e. The minimum absolute atomic E-state index is 0.115. The molecule has 2 heterocycles. The molecule has 2 N–H and O–H groups in total. The number of benzene rings is 1. The SMILES string of the molecule is CC(C)n1c(O)c(N=NC(=S)NCCCN2CCOCC2)c2ccccc21. The molecule has 8 heteroatoms. The summed E-state index contributed by atoms with van der Waals surface area (Å²) in [5, 5.41) is 23.2. The molecule has 0 spiro atoms. The summed E-state index contributed by atoms with van der Waals surface area (Å²) < 4.78 is 7.20. The Labute approximate surface area is 165 Å². The van der Waals surface area contributed by atoms with Crippen molar-refractivity contribution in [1.82, 2.24) is 14.8 Å². The van der Waals surface area contributed by atoms with Crippen molar-refractivity contribution in [2.24, 2.45) is 10.2 Å². The van der Waals surface area contributed by atoms with E-state index < -0.39 is 0 Å². The van der Waals surface area contributed by atoms with Gasteiger partial charge >= 0.3 is 0 Å². The molecule has 0 bridgehead atoms. The average Bonchev–Trinajstić information content (AvgIpc) is 2.96. The van der Waals surface area contributed by atoms with Crippen molar-refractivity contribution in [3.8, 4) is 5.88 Å². The number of para-hydroxylation sites is 1. The highest BCUT2D eigenvalue weighted by molar-refractivity contribution is 7.80. The number of aromatic hydroxyl groups is 1. The molecule has 1 saturated heterocycles. The highest BCUT2D eigenvalue weighted by Gasteiger charge is 2.18. The highest BCUT2D eigenvalue weighted by Crippen LogP contribution is 2.40. The van der Waals surface area contributed by atoms with E-state index in [4.69, 9.17) is 17.0 Å². The van der Waals surface area contributed by atoms with Crippen LogP contribution in [0.15, 0.2) is 34.5 Å². The minimum atomic E-state index is 0.115. The first-order valence-electron chi connectivity index (χ1n) is 9.39. The van der Waals surface area contributed by atoms with Gasteiger partial charge in [-0.25, -0.2) is 0 Å². The fraction of sp³-hybridized carbons (Fsp3) is 0.526. The van der Waals surface area contributed by atoms with E-state index in [1.165, 1.54) is 0 Å². The minimum Gasteiger partial charge on any atom is -0.493 e. The van der Waals surface area contributed by atoms with Crippen LogP contribution in [0.5, 0.6) is 5.88 Å². The number of aromatic nitrogens is 1. The van der Waals surface area contributed by atoms with Gasteiger partial charge in [0.25, 0.3) is 0 Å². The van der Waals surface area contributed by atoms with Crippen LogP contribution in [0, 0.1) is 0 Å². The zero-order chi connectivity index (χ0) is 19.2. The zero-order valence-corrected chi connectivity index (χ0v) is 16.7. The standard InChI is InChI=1S/C19H27N5O2S/c1-14(2)24-16-7-4-3-6-15(16)17(18(24)25)21-22-19(27)20-8-5-9-23-10-12-26-13-11-23/h3-4,6-7,14,25H,5,8-13H2,1-2H3,(H,20,27). The van der Waals surface area contributed by atoms with Crippen molar-refractivity contribution in [2.75, 3.05) is 39.4 Å². The van der Waals surface area contributed by atoms with Gasteiger partial charge in [0.05, 0.1) is 18.7 Å². The second-order valence-electron chi connectivity index (χ2n) is 6.89. The van der Waals surface area contributed by atoms with Crippen LogP contribution in [-0.2, 0) is 4.74 Å². The number of morpholine rings is 1. The summed E-state index contributed by atoms with van der Waals surface area (Å²) in [4.78, 5) is 2.38. The summed E-state index contributed by atoms with van der Waals surface area (Å²) in [5.41, 5.74) is 1.39. The molecule has 1 aliphatic heterocycles. The molecule has 0 amide bonds. The van der Waals surface area contributed by atoms with Gasteiger partial charge in [0, 0.05) is 31.1 Å². The molecule has 1 aromatic heterocycles. The molecule has 7 nitrogen and oxygen atoms in total. The molecule has 1 aliphatic rings. The quantitative estimate of drug-likeness (QED) is 0.448. The van der Waals surface area contributed by atoms with Gasteiger partial charge in [0.15, 0.2) is 5.69 Å². The number of hydrogen-bond acceptors (Lipinski definition) is 5. The van der Waals surface area contributed by atoms with Crippen molar-refractivity contribution in [3.63, 3.8) is 0 Å². The van der Waals surface area contributed by atoms with Crippen LogP contribution in [0.4, 0.5) is 5.69 Å². The third-order valence-corrected chi connectivity index (χ3v) is 4.87. The lowest BCUT2D eigenvalue weighted by Crippen LogP contribution is -2.37. The summed E-state index contributed by atoms with van der Waals surface area (Å²) in [6, 6.07) is 7.89. The lowest BCUT2D eigenvalue weighted by Gasteiger charge is -2.26. The number of azo groups is 1. The average molecular weight is 390 g/mol. The Morgan fingerprint density at radius 2 is 2.04 bits per heavy atom. The van der Waals surface area contributed by atoms with E-state index in [1.54, 1.807) is 0 Å². The number of rotatable bonds is 6. The van der Waals surface area contributed by atoms with Gasteiger partial charge in [-0.3, -0.25) is 4.90 Å². The Bertz CT molecular complexity index is 812. The van der Waals surface area contributed by atoms with Crippen molar-refractivity contribution in [2.45, 2.75) is 26.3 Å². The van der Waals surface area contributed by atoms with Crippen LogP contribution < -0.4 is 5.32 Å². The van der Waals surface area contributed by atoms with Crippen LogP contribution >= 0.6 is 12.2 Å². The summed E-state index contributed by atoms with van der Waals surface area (Å²) in [7, 11) is 0. The maximum Gasteiger partial charge on any atom is 0.221 e. The summed E-state index contributed by atoms with van der Waals surface area (Å²) in [6.07, 6.45) is 0.980. The van der Waals surface area contributed by atoms with Crippen molar-refractivity contribution >= 4 is 33.9 Å². The van der Waals surface area contributed by atoms with Gasteiger partial charge in [0.1, 0.15) is 0 Å². The molecule has 0 unspecified atom stereocenters. The van der Waals surface area contributed by atoms with Crippen LogP contribution in [0.25, 0.3) is 10.9 Å². The number of nitrogens with one attached hydrogen (secondary N) is 1. The summed E-state index contributed by atoms with van der Waals surface area (Å²) in [6.45, 7) is 9.41. The first kappa shape index (κ1) is 19.7. The van der Waals surface area contributed by atoms with Crippen molar-refractivity contribution in [1.29, 1.82) is 0 Å². The Morgan fingerprint density at radius 3 is 2.78 bits per heavy atom. The molecule has 3 rings (SSSR count). The Balaban J connectivity index is 1.58. The van der Waals surface area contributed by atoms with Gasteiger partial charge in [-0.15, -0.1) is 10.2 Å². The van der Waals surface area contributed by atoms with Gasteiger partial charge < -0.3 is 19.7 Å². The van der Waals surface area contributed by atoms with E-state index in [1.807, 2.05) is 42.7 Å². The molecular formula is C19H27N5O2S. The van der Waals surface area contributed by atoms with E-state index in [2.05, 4.69) is 20.4 Å². The lowest BCUT2D eigenvalue weighted by molar-refractivity contribution is 0.0376.